The highest BCUT2D eigenvalue weighted by atomic mass is 32.1. The van der Waals surface area contributed by atoms with Gasteiger partial charge in [0, 0.05) is 43.0 Å². The van der Waals surface area contributed by atoms with E-state index in [4.69, 9.17) is 5.73 Å². The van der Waals surface area contributed by atoms with Gasteiger partial charge < -0.3 is 15.6 Å². The number of thiophene rings is 1. The maximum Gasteiger partial charge on any atom is 0.259 e. The lowest BCUT2D eigenvalue weighted by molar-refractivity contribution is 0.629. The summed E-state index contributed by atoms with van der Waals surface area (Å²) in [6.07, 6.45) is 6.89. The molecule has 3 N–H and O–H groups in total. The lowest BCUT2D eigenvalue weighted by atomic mass is 10.1. The maximum atomic E-state index is 12.5. The van der Waals surface area contributed by atoms with Crippen molar-refractivity contribution in [3.63, 3.8) is 0 Å². The van der Waals surface area contributed by atoms with E-state index >= 15 is 0 Å². The highest BCUT2D eigenvalue weighted by Crippen LogP contribution is 2.32. The van der Waals surface area contributed by atoms with E-state index < -0.39 is 0 Å². The number of unbranched alkanes of at least 4 members (excludes halogenated alkanes) is 1. The first-order valence-electron chi connectivity index (χ1n) is 8.65. The summed E-state index contributed by atoms with van der Waals surface area (Å²) in [5.74, 6) is 0. The van der Waals surface area contributed by atoms with Gasteiger partial charge in [-0.1, -0.05) is 6.07 Å². The minimum Gasteiger partial charge on any atom is -0.329 e. The van der Waals surface area contributed by atoms with E-state index in [1.807, 2.05) is 24.4 Å². The van der Waals surface area contributed by atoms with E-state index in [1.54, 1.807) is 29.1 Å². The van der Waals surface area contributed by atoms with E-state index in [1.165, 1.54) is 4.88 Å². The topological polar surface area (TPSA) is 72.9 Å². The number of pyridine rings is 2. The van der Waals surface area contributed by atoms with Crippen molar-refractivity contribution in [1.82, 2.24) is 14.9 Å². The van der Waals surface area contributed by atoms with Crippen molar-refractivity contribution < 1.29 is 0 Å². The van der Waals surface area contributed by atoms with E-state index in [-0.39, 0.29) is 5.56 Å². The summed E-state index contributed by atoms with van der Waals surface area (Å²) in [4.78, 5) is 18.2. The van der Waals surface area contributed by atoms with Gasteiger partial charge >= 0.3 is 0 Å². The minimum atomic E-state index is 0.0572. The average molecular weight is 356 g/mol. The quantitative estimate of drug-likeness (QED) is 0.608. The summed E-state index contributed by atoms with van der Waals surface area (Å²) in [5, 5.41) is 4.11. The number of nitrogens with zero attached hydrogens (tertiary/aromatic N) is 2. The second kappa shape index (κ2) is 8.38. The first-order chi connectivity index (χ1) is 12.2. The van der Waals surface area contributed by atoms with Gasteiger partial charge in [0.25, 0.3) is 5.56 Å². The molecule has 0 bridgehead atoms. The van der Waals surface area contributed by atoms with Crippen LogP contribution in [0.5, 0.6) is 0 Å². The molecule has 0 unspecified atom stereocenters. The third-order valence-corrected chi connectivity index (χ3v) is 5.42. The lowest BCUT2D eigenvalue weighted by Gasteiger charge is -2.05. The molecule has 0 radical (unpaired) electrons. The number of aryl methyl sites for hydroxylation is 2. The Bertz CT molecular complexity index is 886. The number of aromatic nitrogens is 2. The lowest BCUT2D eigenvalue weighted by Crippen LogP contribution is -2.23. The molecule has 3 heterocycles. The van der Waals surface area contributed by atoms with Crippen LogP contribution in [-0.2, 0) is 13.5 Å². The third kappa shape index (κ3) is 4.15. The molecule has 0 spiro atoms. The first-order valence-corrected chi connectivity index (χ1v) is 9.46. The highest BCUT2D eigenvalue weighted by molar-refractivity contribution is 7.19. The van der Waals surface area contributed by atoms with E-state index in [0.29, 0.717) is 6.54 Å². The average Bonchev–Trinajstić information content (AvgIpc) is 3.06. The second-order valence-electron chi connectivity index (χ2n) is 6.13. The van der Waals surface area contributed by atoms with Crippen molar-refractivity contribution in [3.8, 4) is 11.3 Å². The molecule has 0 saturated carbocycles. The molecule has 6 heteroatoms. The summed E-state index contributed by atoms with van der Waals surface area (Å²) in [7, 11) is 1.80. The van der Waals surface area contributed by atoms with Gasteiger partial charge in [-0.3, -0.25) is 9.78 Å². The van der Waals surface area contributed by atoms with Crippen molar-refractivity contribution in [1.29, 1.82) is 0 Å². The van der Waals surface area contributed by atoms with Crippen LogP contribution in [0.15, 0.2) is 41.5 Å². The number of hydrogen-bond acceptors (Lipinski definition) is 5. The van der Waals surface area contributed by atoms with Crippen LogP contribution in [0.1, 0.15) is 17.7 Å². The summed E-state index contributed by atoms with van der Waals surface area (Å²) >= 11 is 1.72. The summed E-state index contributed by atoms with van der Waals surface area (Å²) < 4.78 is 2.69. The van der Waals surface area contributed by atoms with Crippen LogP contribution in [0.4, 0.5) is 0 Å². The third-order valence-electron chi connectivity index (χ3n) is 4.19. The normalized spacial score (nSPS) is 11.3. The zero-order chi connectivity index (χ0) is 17.6. The van der Waals surface area contributed by atoms with Gasteiger partial charge in [0.1, 0.15) is 0 Å². The molecule has 0 aromatic carbocycles. The van der Waals surface area contributed by atoms with Gasteiger partial charge in [-0.05, 0) is 44.0 Å². The molecule has 0 atom stereocenters. The van der Waals surface area contributed by atoms with Crippen molar-refractivity contribution >= 4 is 21.4 Å². The van der Waals surface area contributed by atoms with Gasteiger partial charge in [0.15, 0.2) is 0 Å². The molecule has 25 heavy (non-hydrogen) atoms. The van der Waals surface area contributed by atoms with Crippen LogP contribution in [0.2, 0.25) is 0 Å². The number of nitrogens with two attached hydrogens (primary N) is 1. The van der Waals surface area contributed by atoms with Crippen molar-refractivity contribution in [3.05, 3.63) is 51.9 Å². The molecule has 5 nitrogen and oxygen atoms in total. The standard InChI is InChI=1S/C19H24N4OS/c1-23-13-16(17-7-3-5-10-22-17)18-15(19(23)24)12-14(25-18)6-2-4-9-21-11-8-20/h3,5,7,10,12-13,21H,2,4,6,8-9,11,20H2,1H3. The monoisotopic (exact) mass is 356 g/mol. The molecule has 0 aliphatic rings. The fourth-order valence-corrected chi connectivity index (χ4v) is 4.11. The van der Waals surface area contributed by atoms with Crippen molar-refractivity contribution in [2.45, 2.75) is 19.3 Å². The zero-order valence-corrected chi connectivity index (χ0v) is 15.3. The number of rotatable bonds is 8. The van der Waals surface area contributed by atoms with Crippen LogP contribution >= 0.6 is 11.3 Å². The summed E-state index contributed by atoms with van der Waals surface area (Å²) in [6.45, 7) is 2.53. The Morgan fingerprint density at radius 1 is 1.28 bits per heavy atom. The predicted molar refractivity (Wildman–Crippen MR) is 105 cm³/mol. The van der Waals surface area contributed by atoms with Crippen LogP contribution in [0, 0.1) is 0 Å². The molecule has 0 aliphatic heterocycles. The van der Waals surface area contributed by atoms with Gasteiger partial charge in [0.2, 0.25) is 0 Å². The summed E-state index contributed by atoms with van der Waals surface area (Å²) in [6, 6.07) is 7.92. The Balaban J connectivity index is 1.84. The molecular weight excluding hydrogens is 332 g/mol. The van der Waals surface area contributed by atoms with Crippen molar-refractivity contribution in [2.24, 2.45) is 12.8 Å². The Morgan fingerprint density at radius 2 is 2.16 bits per heavy atom. The Hall–Kier alpha value is -2.02. The Morgan fingerprint density at radius 3 is 2.92 bits per heavy atom. The van der Waals surface area contributed by atoms with Crippen LogP contribution < -0.4 is 16.6 Å². The fourth-order valence-electron chi connectivity index (χ4n) is 2.91. The van der Waals surface area contributed by atoms with Crippen LogP contribution in [-0.4, -0.2) is 29.2 Å². The van der Waals surface area contributed by atoms with Gasteiger partial charge in [-0.25, -0.2) is 0 Å². The first kappa shape index (κ1) is 17.8. The number of nitrogens with one attached hydrogen (secondary N) is 1. The van der Waals surface area contributed by atoms with E-state index in [9.17, 15) is 4.79 Å². The molecule has 0 aliphatic carbocycles. The van der Waals surface area contributed by atoms with Gasteiger partial charge in [-0.15, -0.1) is 11.3 Å². The minimum absolute atomic E-state index is 0.0572. The van der Waals surface area contributed by atoms with Crippen LogP contribution in [0.25, 0.3) is 21.3 Å². The number of fused-ring (bicyclic) bond motifs is 1. The van der Waals surface area contributed by atoms with E-state index in [0.717, 1.165) is 53.7 Å². The SMILES string of the molecule is Cn1cc(-c2ccccn2)c2sc(CCCCNCCN)cc2c1=O. The molecule has 0 fully saturated rings. The Labute approximate surface area is 151 Å². The largest absolute Gasteiger partial charge is 0.329 e. The molecule has 0 amide bonds. The Kier molecular flexibility index (Phi) is 5.96. The highest BCUT2D eigenvalue weighted by Gasteiger charge is 2.13. The van der Waals surface area contributed by atoms with Crippen LogP contribution in [0.3, 0.4) is 0 Å². The molecule has 3 rings (SSSR count). The summed E-state index contributed by atoms with van der Waals surface area (Å²) in [5.41, 5.74) is 7.46. The second-order valence-corrected chi connectivity index (χ2v) is 7.26. The molecule has 132 valence electrons. The predicted octanol–water partition coefficient (Wildman–Crippen LogP) is 2.53. The smallest absolute Gasteiger partial charge is 0.259 e. The zero-order valence-electron chi connectivity index (χ0n) is 14.5. The maximum absolute atomic E-state index is 12.5. The van der Waals surface area contributed by atoms with E-state index in [2.05, 4.69) is 16.4 Å². The van der Waals surface area contributed by atoms with Crippen molar-refractivity contribution in [2.75, 3.05) is 19.6 Å². The number of hydrogen-bond donors (Lipinski definition) is 2. The molecule has 3 aromatic heterocycles. The molecule has 0 saturated heterocycles. The van der Waals surface area contributed by atoms with Gasteiger partial charge in [-0.2, -0.15) is 0 Å². The van der Waals surface area contributed by atoms with Gasteiger partial charge in [0.05, 0.1) is 15.8 Å². The molecular formula is C19H24N4OS. The fraction of sp³-hybridized carbons (Fsp3) is 0.368. The molecule has 3 aromatic rings.